The van der Waals surface area contributed by atoms with Crippen molar-refractivity contribution in [1.82, 2.24) is 19.7 Å². The van der Waals surface area contributed by atoms with Crippen molar-refractivity contribution >= 4 is 5.95 Å². The van der Waals surface area contributed by atoms with Crippen LogP contribution < -0.4 is 5.32 Å². The van der Waals surface area contributed by atoms with Crippen molar-refractivity contribution in [2.24, 2.45) is 13.0 Å². The summed E-state index contributed by atoms with van der Waals surface area (Å²) in [6, 6.07) is 2.37. The van der Waals surface area contributed by atoms with Crippen LogP contribution in [0.3, 0.4) is 0 Å². The SMILES string of the molecule is Cn1ncc(-c2ccnc(NC3CCCCC3)n2)c1C(O)C1CC1. The first-order valence-corrected chi connectivity index (χ1v) is 9.02. The van der Waals surface area contributed by atoms with Gasteiger partial charge in [-0.3, -0.25) is 4.68 Å². The maximum Gasteiger partial charge on any atom is 0.223 e. The average Bonchev–Trinajstić information content (AvgIpc) is 3.38. The molecule has 2 aliphatic rings. The van der Waals surface area contributed by atoms with Crippen molar-refractivity contribution in [2.75, 3.05) is 5.32 Å². The van der Waals surface area contributed by atoms with E-state index in [2.05, 4.69) is 20.4 Å². The van der Waals surface area contributed by atoms with Gasteiger partial charge in [0.2, 0.25) is 5.95 Å². The van der Waals surface area contributed by atoms with Crippen LogP contribution in [0.2, 0.25) is 0 Å². The van der Waals surface area contributed by atoms with Gasteiger partial charge in [-0.25, -0.2) is 9.97 Å². The largest absolute Gasteiger partial charge is 0.387 e. The van der Waals surface area contributed by atoms with Gasteiger partial charge in [-0.05, 0) is 37.7 Å². The molecule has 1 unspecified atom stereocenters. The molecule has 2 heterocycles. The number of aryl methyl sites for hydroxylation is 1. The van der Waals surface area contributed by atoms with Gasteiger partial charge in [0.25, 0.3) is 0 Å². The first-order valence-electron chi connectivity index (χ1n) is 9.02. The molecule has 1 atom stereocenters. The molecule has 0 amide bonds. The van der Waals surface area contributed by atoms with Crippen LogP contribution in [-0.2, 0) is 7.05 Å². The molecular weight excluding hydrogens is 302 g/mol. The zero-order valence-corrected chi connectivity index (χ0v) is 14.1. The summed E-state index contributed by atoms with van der Waals surface area (Å²) >= 11 is 0. The van der Waals surface area contributed by atoms with Crippen molar-refractivity contribution in [2.45, 2.75) is 57.1 Å². The van der Waals surface area contributed by atoms with E-state index in [-0.39, 0.29) is 0 Å². The van der Waals surface area contributed by atoms with Crippen molar-refractivity contribution in [3.05, 3.63) is 24.2 Å². The summed E-state index contributed by atoms with van der Waals surface area (Å²) in [6.07, 6.45) is 11.6. The highest BCUT2D eigenvalue weighted by Crippen LogP contribution is 2.43. The molecule has 2 aromatic heterocycles. The lowest BCUT2D eigenvalue weighted by Crippen LogP contribution is -2.23. The van der Waals surface area contributed by atoms with Crippen molar-refractivity contribution in [1.29, 1.82) is 0 Å². The molecule has 0 bridgehead atoms. The van der Waals surface area contributed by atoms with Crippen molar-refractivity contribution in [3.63, 3.8) is 0 Å². The summed E-state index contributed by atoms with van der Waals surface area (Å²) in [5.41, 5.74) is 2.59. The molecule has 128 valence electrons. The third kappa shape index (κ3) is 3.15. The number of nitrogens with one attached hydrogen (secondary N) is 1. The molecule has 2 saturated carbocycles. The Hall–Kier alpha value is -1.95. The second-order valence-corrected chi connectivity index (χ2v) is 7.09. The summed E-state index contributed by atoms with van der Waals surface area (Å²) < 4.78 is 1.77. The van der Waals surface area contributed by atoms with Gasteiger partial charge < -0.3 is 10.4 Å². The fraction of sp³-hybridized carbons (Fsp3) is 0.611. The predicted octanol–water partition coefficient (Wildman–Crippen LogP) is 3.07. The van der Waals surface area contributed by atoms with E-state index in [1.807, 2.05) is 13.1 Å². The number of aliphatic hydroxyl groups is 1. The van der Waals surface area contributed by atoms with Gasteiger partial charge in [0.05, 0.1) is 23.7 Å². The first-order chi connectivity index (χ1) is 11.7. The Balaban J connectivity index is 1.59. The van der Waals surface area contributed by atoms with E-state index in [4.69, 9.17) is 0 Å². The molecule has 0 radical (unpaired) electrons. The third-order valence-corrected chi connectivity index (χ3v) is 5.20. The van der Waals surface area contributed by atoms with E-state index >= 15 is 0 Å². The number of aromatic nitrogens is 4. The number of rotatable bonds is 5. The standard InChI is InChI=1S/C18H25N5O/c1-23-16(17(24)12-7-8-12)14(11-20-23)15-9-10-19-18(22-15)21-13-5-3-2-4-6-13/h9-13,17,24H,2-8H2,1H3,(H,19,21,22). The van der Waals surface area contributed by atoms with Crippen LogP contribution in [0.15, 0.2) is 18.5 Å². The van der Waals surface area contributed by atoms with Crippen LogP contribution in [-0.4, -0.2) is 30.9 Å². The lowest BCUT2D eigenvalue weighted by atomic mass is 9.96. The zero-order valence-electron chi connectivity index (χ0n) is 14.1. The Kier molecular flexibility index (Phi) is 4.22. The van der Waals surface area contributed by atoms with Gasteiger partial charge in [0, 0.05) is 24.8 Å². The molecule has 2 fully saturated rings. The fourth-order valence-corrected chi connectivity index (χ4v) is 3.64. The molecule has 0 spiro atoms. The summed E-state index contributed by atoms with van der Waals surface area (Å²) in [6.45, 7) is 0. The summed E-state index contributed by atoms with van der Waals surface area (Å²) in [4.78, 5) is 9.06. The van der Waals surface area contributed by atoms with Crippen molar-refractivity contribution < 1.29 is 5.11 Å². The Morgan fingerprint density at radius 3 is 2.75 bits per heavy atom. The molecule has 2 aliphatic carbocycles. The monoisotopic (exact) mass is 327 g/mol. The smallest absolute Gasteiger partial charge is 0.223 e. The van der Waals surface area contributed by atoms with Gasteiger partial charge in [-0.2, -0.15) is 5.10 Å². The van der Waals surface area contributed by atoms with E-state index < -0.39 is 6.10 Å². The van der Waals surface area contributed by atoms with Crippen LogP contribution in [0.25, 0.3) is 11.3 Å². The minimum absolute atomic E-state index is 0.362. The van der Waals surface area contributed by atoms with E-state index in [1.165, 1.54) is 32.1 Å². The molecule has 0 aliphatic heterocycles. The third-order valence-electron chi connectivity index (χ3n) is 5.20. The van der Waals surface area contributed by atoms with E-state index in [0.29, 0.717) is 17.9 Å². The number of nitrogens with zero attached hydrogens (tertiary/aromatic N) is 4. The maximum absolute atomic E-state index is 10.6. The van der Waals surface area contributed by atoms with Gasteiger partial charge in [0.15, 0.2) is 0 Å². The summed E-state index contributed by atoms with van der Waals surface area (Å²) in [7, 11) is 1.88. The van der Waals surface area contributed by atoms with Crippen LogP contribution in [0, 0.1) is 5.92 Å². The zero-order chi connectivity index (χ0) is 16.5. The Bertz CT molecular complexity index is 703. The molecule has 6 heteroatoms. The topological polar surface area (TPSA) is 75.9 Å². The van der Waals surface area contributed by atoms with Crippen LogP contribution in [0.5, 0.6) is 0 Å². The predicted molar refractivity (Wildman–Crippen MR) is 92.4 cm³/mol. The quantitative estimate of drug-likeness (QED) is 0.882. The number of anilines is 1. The van der Waals surface area contributed by atoms with Crippen molar-refractivity contribution in [3.8, 4) is 11.3 Å². The molecule has 0 aromatic carbocycles. The lowest BCUT2D eigenvalue weighted by molar-refractivity contribution is 0.145. The lowest BCUT2D eigenvalue weighted by Gasteiger charge is -2.22. The number of hydrogen-bond donors (Lipinski definition) is 2. The summed E-state index contributed by atoms with van der Waals surface area (Å²) in [5.74, 6) is 1.04. The maximum atomic E-state index is 10.6. The van der Waals surface area contributed by atoms with Gasteiger partial charge >= 0.3 is 0 Å². The van der Waals surface area contributed by atoms with Gasteiger partial charge in [0.1, 0.15) is 0 Å². The van der Waals surface area contributed by atoms with Crippen LogP contribution >= 0.6 is 0 Å². The van der Waals surface area contributed by atoms with Gasteiger partial charge in [-0.15, -0.1) is 0 Å². The molecule has 2 aromatic rings. The molecule has 0 saturated heterocycles. The average molecular weight is 327 g/mol. The molecule has 6 nitrogen and oxygen atoms in total. The second-order valence-electron chi connectivity index (χ2n) is 7.09. The fourth-order valence-electron chi connectivity index (χ4n) is 3.64. The molecule has 4 rings (SSSR count). The highest BCUT2D eigenvalue weighted by Gasteiger charge is 2.34. The summed E-state index contributed by atoms with van der Waals surface area (Å²) in [5, 5.41) is 18.4. The molecule has 24 heavy (non-hydrogen) atoms. The molecule has 2 N–H and O–H groups in total. The van der Waals surface area contributed by atoms with Gasteiger partial charge in [-0.1, -0.05) is 19.3 Å². The Morgan fingerprint density at radius 1 is 1.21 bits per heavy atom. The van der Waals surface area contributed by atoms with E-state index in [1.54, 1.807) is 17.1 Å². The van der Waals surface area contributed by atoms with E-state index in [9.17, 15) is 5.11 Å². The second kappa shape index (κ2) is 6.51. The molecular formula is C18H25N5O. The van der Waals surface area contributed by atoms with Crippen LogP contribution in [0.4, 0.5) is 5.95 Å². The Morgan fingerprint density at radius 2 is 2.00 bits per heavy atom. The highest BCUT2D eigenvalue weighted by molar-refractivity contribution is 5.63. The first kappa shape index (κ1) is 15.6. The minimum atomic E-state index is -0.461. The highest BCUT2D eigenvalue weighted by atomic mass is 16.3. The number of hydrogen-bond acceptors (Lipinski definition) is 5. The number of aliphatic hydroxyl groups excluding tert-OH is 1. The minimum Gasteiger partial charge on any atom is -0.387 e. The van der Waals surface area contributed by atoms with E-state index in [0.717, 1.165) is 29.8 Å². The Labute approximate surface area is 142 Å². The normalized spacial score (nSPS) is 20.1. The van der Waals surface area contributed by atoms with Crippen LogP contribution in [0.1, 0.15) is 56.7 Å².